The van der Waals surface area contributed by atoms with Gasteiger partial charge in [0.1, 0.15) is 0 Å². The lowest BCUT2D eigenvalue weighted by molar-refractivity contribution is -0.139. The number of esters is 1. The summed E-state index contributed by atoms with van der Waals surface area (Å²) in [6.07, 6.45) is 0.443. The van der Waals surface area contributed by atoms with Crippen LogP contribution < -0.4 is 0 Å². The first kappa shape index (κ1) is 12.9. The smallest absolute Gasteiger partial charge is 0.421 e. The predicted molar refractivity (Wildman–Crippen MR) is 64.5 cm³/mol. The molecule has 0 fully saturated rings. The Hall–Kier alpha value is -2.19. The van der Waals surface area contributed by atoms with Gasteiger partial charge in [-0.2, -0.15) is 4.79 Å². The van der Waals surface area contributed by atoms with Gasteiger partial charge in [-0.05, 0) is 12.5 Å². The van der Waals surface area contributed by atoms with Gasteiger partial charge < -0.3 is 10.3 Å². The summed E-state index contributed by atoms with van der Waals surface area (Å²) >= 11 is 0. The van der Waals surface area contributed by atoms with Gasteiger partial charge in [0, 0.05) is 12.0 Å². The van der Waals surface area contributed by atoms with Gasteiger partial charge in [0.05, 0.1) is 6.61 Å². The van der Waals surface area contributed by atoms with Gasteiger partial charge in [-0.15, -0.1) is 0 Å². The van der Waals surface area contributed by atoms with Crippen molar-refractivity contribution in [3.63, 3.8) is 0 Å². The van der Waals surface area contributed by atoms with E-state index in [2.05, 4.69) is 11.4 Å². The molecule has 0 atom stereocenters. The summed E-state index contributed by atoms with van der Waals surface area (Å²) < 4.78 is 4.76. The molecule has 0 aliphatic carbocycles. The Labute approximate surface area is 100 Å². The van der Waals surface area contributed by atoms with E-state index in [0.717, 1.165) is 5.56 Å². The first-order chi connectivity index (χ1) is 8.19. The van der Waals surface area contributed by atoms with Crippen molar-refractivity contribution >= 4 is 11.7 Å². The Balaban J connectivity index is 2.76. The number of nitrogens with zero attached hydrogens (tertiary/aromatic N) is 2. The maximum atomic E-state index is 11.4. The Morgan fingerprint density at radius 3 is 2.59 bits per heavy atom. The fraction of sp³-hybridized carbons (Fsp3) is 0.231. The first-order valence-electron chi connectivity index (χ1n) is 5.30. The van der Waals surface area contributed by atoms with Gasteiger partial charge in [-0.3, -0.25) is 0 Å². The molecule has 0 saturated carbocycles. The van der Waals surface area contributed by atoms with Crippen molar-refractivity contribution < 1.29 is 14.3 Å². The topological polar surface area (TPSA) is 62.7 Å². The number of benzene rings is 1. The van der Waals surface area contributed by atoms with Crippen LogP contribution in [0.1, 0.15) is 12.5 Å². The molecule has 0 N–H and O–H groups in total. The van der Waals surface area contributed by atoms with Crippen LogP contribution in [0.5, 0.6) is 0 Å². The van der Waals surface area contributed by atoms with Crippen molar-refractivity contribution in [2.24, 2.45) is 0 Å². The second-order valence-electron chi connectivity index (χ2n) is 3.44. The fourth-order valence-electron chi connectivity index (χ4n) is 1.38. The van der Waals surface area contributed by atoms with Crippen LogP contribution in [-0.2, 0) is 16.0 Å². The molecule has 88 valence electrons. The van der Waals surface area contributed by atoms with Crippen molar-refractivity contribution in [1.82, 2.24) is 0 Å². The Morgan fingerprint density at radius 1 is 1.41 bits per heavy atom. The molecule has 0 heterocycles. The second-order valence-corrected chi connectivity index (χ2v) is 3.44. The summed E-state index contributed by atoms with van der Waals surface area (Å²) in [5.74, 6) is -0.657. The molecule has 0 amide bonds. The van der Waals surface area contributed by atoms with E-state index in [1.807, 2.05) is 30.3 Å². The Bertz CT molecular complexity index is 460. The molecule has 0 unspecified atom stereocenters. The molecule has 1 aromatic rings. The fourth-order valence-corrected chi connectivity index (χ4v) is 1.38. The summed E-state index contributed by atoms with van der Waals surface area (Å²) in [7, 11) is 0. The highest BCUT2D eigenvalue weighted by atomic mass is 16.5. The summed E-state index contributed by atoms with van der Waals surface area (Å²) in [5.41, 5.74) is 10.1. The molecule has 1 aromatic carbocycles. The molecule has 4 heteroatoms. The van der Waals surface area contributed by atoms with Crippen LogP contribution in [0.15, 0.2) is 42.5 Å². The number of carbonyl (C=O) groups is 1. The summed E-state index contributed by atoms with van der Waals surface area (Å²) in [6, 6.07) is 9.50. The summed E-state index contributed by atoms with van der Waals surface area (Å²) in [5, 5.41) is 0. The van der Waals surface area contributed by atoms with Gasteiger partial charge >= 0.3 is 11.7 Å². The Kier molecular flexibility index (Phi) is 4.85. The van der Waals surface area contributed by atoms with Crippen molar-refractivity contribution in [2.75, 3.05) is 6.61 Å². The van der Waals surface area contributed by atoms with Crippen LogP contribution in [0.4, 0.5) is 0 Å². The summed E-state index contributed by atoms with van der Waals surface area (Å²) in [4.78, 5) is 14.4. The number of hydrogen-bond donors (Lipinski definition) is 0. The van der Waals surface area contributed by atoms with Crippen molar-refractivity contribution in [1.29, 1.82) is 0 Å². The van der Waals surface area contributed by atoms with Crippen molar-refractivity contribution in [3.8, 4) is 0 Å². The number of hydrogen-bond acceptors (Lipinski definition) is 2. The maximum Gasteiger partial charge on any atom is 0.421 e. The second kappa shape index (κ2) is 6.40. The monoisotopic (exact) mass is 230 g/mol. The Morgan fingerprint density at radius 2 is 2.06 bits per heavy atom. The summed E-state index contributed by atoms with van der Waals surface area (Å²) in [6.45, 7) is 5.65. The van der Waals surface area contributed by atoms with E-state index >= 15 is 0 Å². The van der Waals surface area contributed by atoms with E-state index in [1.54, 1.807) is 6.92 Å². The third kappa shape index (κ3) is 3.70. The van der Waals surface area contributed by atoms with Crippen molar-refractivity contribution in [2.45, 2.75) is 13.3 Å². The van der Waals surface area contributed by atoms with Crippen LogP contribution in [0, 0.1) is 0 Å². The molecular formula is C13H14N2O2. The highest BCUT2D eigenvalue weighted by Crippen LogP contribution is 2.07. The number of ether oxygens (including phenoxy) is 1. The van der Waals surface area contributed by atoms with Crippen LogP contribution in [0.25, 0.3) is 5.53 Å². The van der Waals surface area contributed by atoms with Crippen LogP contribution in [0.3, 0.4) is 0 Å². The molecule has 17 heavy (non-hydrogen) atoms. The minimum atomic E-state index is -0.657. The van der Waals surface area contributed by atoms with Crippen LogP contribution in [0.2, 0.25) is 0 Å². The third-order valence-electron chi connectivity index (χ3n) is 2.16. The molecule has 0 bridgehead atoms. The normalized spacial score (nSPS) is 9.24. The number of rotatable bonds is 5. The van der Waals surface area contributed by atoms with Crippen LogP contribution >= 0.6 is 0 Å². The highest BCUT2D eigenvalue weighted by molar-refractivity contribution is 6.40. The first-order valence-corrected chi connectivity index (χ1v) is 5.30. The minimum Gasteiger partial charge on any atom is -0.457 e. The van der Waals surface area contributed by atoms with E-state index < -0.39 is 5.97 Å². The molecule has 4 nitrogen and oxygen atoms in total. The molecule has 0 saturated heterocycles. The zero-order valence-electron chi connectivity index (χ0n) is 9.72. The van der Waals surface area contributed by atoms with Crippen molar-refractivity contribution in [3.05, 3.63) is 53.6 Å². The van der Waals surface area contributed by atoms with Crippen LogP contribution in [-0.4, -0.2) is 23.1 Å². The molecule has 1 rings (SSSR count). The lowest BCUT2D eigenvalue weighted by Crippen LogP contribution is -2.21. The maximum absolute atomic E-state index is 11.4. The van der Waals surface area contributed by atoms with Gasteiger partial charge in [0.25, 0.3) is 0 Å². The minimum absolute atomic E-state index is 0.129. The molecule has 0 spiro atoms. The van der Waals surface area contributed by atoms with E-state index in [9.17, 15) is 4.79 Å². The van der Waals surface area contributed by atoms with E-state index in [0.29, 0.717) is 12.0 Å². The molecule has 0 aliphatic heterocycles. The number of carbonyl (C=O) groups excluding carboxylic acids is 1. The quantitative estimate of drug-likeness (QED) is 0.336. The average Bonchev–Trinajstić information content (AvgIpc) is 2.31. The molecule has 0 aromatic heterocycles. The van der Waals surface area contributed by atoms with Gasteiger partial charge in [0.2, 0.25) is 0 Å². The third-order valence-corrected chi connectivity index (χ3v) is 2.16. The van der Waals surface area contributed by atoms with Gasteiger partial charge in [0.15, 0.2) is 0 Å². The van der Waals surface area contributed by atoms with E-state index in [4.69, 9.17) is 10.3 Å². The largest absolute Gasteiger partial charge is 0.457 e. The predicted octanol–water partition coefficient (Wildman–Crippen LogP) is 2.02. The molecule has 0 aliphatic rings. The molecular weight excluding hydrogens is 216 g/mol. The van der Waals surface area contributed by atoms with E-state index in [-0.39, 0.29) is 12.3 Å². The van der Waals surface area contributed by atoms with Gasteiger partial charge in [-0.1, -0.05) is 36.9 Å². The SMILES string of the molecule is C=C(Cc1ccccc1)C(=[N+]=[N-])C(=O)OCC. The van der Waals surface area contributed by atoms with Gasteiger partial charge in [-0.25, -0.2) is 4.79 Å². The highest BCUT2D eigenvalue weighted by Gasteiger charge is 2.25. The lowest BCUT2D eigenvalue weighted by atomic mass is 10.0. The standard InChI is InChI=1S/C13H14N2O2/c1-3-17-13(16)12(15-14)10(2)9-11-7-5-4-6-8-11/h4-8H,2-3,9H2,1H3. The van der Waals surface area contributed by atoms with E-state index in [1.165, 1.54) is 0 Å². The molecule has 0 radical (unpaired) electrons. The lowest BCUT2D eigenvalue weighted by Gasteiger charge is -2.01. The average molecular weight is 230 g/mol. The zero-order valence-corrected chi connectivity index (χ0v) is 9.72. The zero-order chi connectivity index (χ0) is 12.7.